The molecule has 0 unspecified atom stereocenters. The van der Waals surface area contributed by atoms with Gasteiger partial charge in [0, 0.05) is 11.9 Å². The normalized spacial score (nSPS) is 10.4. The Morgan fingerprint density at radius 1 is 1.07 bits per heavy atom. The number of carbonyl (C=O) groups is 1. The highest BCUT2D eigenvalue weighted by molar-refractivity contribution is 6.04. The molecule has 0 saturated carbocycles. The first-order valence-corrected chi connectivity index (χ1v) is 8.84. The van der Waals surface area contributed by atoms with E-state index in [-0.39, 0.29) is 12.2 Å². The number of amides is 1. The average Bonchev–Trinajstić information content (AvgIpc) is 2.69. The molecule has 0 atom stereocenters. The van der Waals surface area contributed by atoms with Crippen LogP contribution in [0, 0.1) is 13.8 Å². The largest absolute Gasteiger partial charge is 0.497 e. The van der Waals surface area contributed by atoms with Gasteiger partial charge >= 0.3 is 0 Å². The van der Waals surface area contributed by atoms with E-state index in [9.17, 15) is 9.59 Å². The maximum Gasteiger partial charge on any atom is 0.295 e. The molecule has 0 aliphatic heterocycles. The van der Waals surface area contributed by atoms with Crippen molar-refractivity contribution in [2.24, 2.45) is 0 Å². The van der Waals surface area contributed by atoms with Gasteiger partial charge in [-0.3, -0.25) is 9.59 Å². The van der Waals surface area contributed by atoms with Crippen molar-refractivity contribution in [2.45, 2.75) is 20.5 Å². The second-order valence-corrected chi connectivity index (χ2v) is 6.45. The number of anilines is 1. The number of nitrogens with zero attached hydrogens (tertiary/aromatic N) is 1. The summed E-state index contributed by atoms with van der Waals surface area (Å²) in [6.45, 7) is 4.07. The van der Waals surface area contributed by atoms with Crippen molar-refractivity contribution in [3.8, 4) is 5.75 Å². The highest BCUT2D eigenvalue weighted by atomic mass is 16.7. The lowest BCUT2D eigenvalue weighted by atomic mass is 10.1. The van der Waals surface area contributed by atoms with Crippen LogP contribution < -0.4 is 20.5 Å². The van der Waals surface area contributed by atoms with E-state index >= 15 is 0 Å². The molecular weight excluding hydrogens is 356 g/mol. The number of carbonyl (C=O) groups excluding carboxylic acids is 1. The summed E-state index contributed by atoms with van der Waals surface area (Å²) in [7, 11) is 1.60. The van der Waals surface area contributed by atoms with Gasteiger partial charge in [-0.05, 0) is 55.3 Å². The number of ether oxygens (including phenoxy) is 1. The number of hydrogen-bond donors (Lipinski definition) is 1. The van der Waals surface area contributed by atoms with Crippen LogP contribution in [0.25, 0.3) is 0 Å². The van der Waals surface area contributed by atoms with Crippen LogP contribution in [0.5, 0.6) is 5.75 Å². The molecular formula is C22H22N2O4. The Kier molecular flexibility index (Phi) is 5.79. The number of nitrogens with one attached hydrogen (secondary N) is 1. The summed E-state index contributed by atoms with van der Waals surface area (Å²) in [6, 6.07) is 16.1. The van der Waals surface area contributed by atoms with E-state index in [0.717, 1.165) is 27.2 Å². The lowest BCUT2D eigenvalue weighted by Gasteiger charge is -2.12. The third-order valence-corrected chi connectivity index (χ3v) is 4.32. The Labute approximate surface area is 163 Å². The van der Waals surface area contributed by atoms with Crippen LogP contribution in [0.1, 0.15) is 27.0 Å². The SMILES string of the molecule is COc1ccc(COn2cccc(C(=O)Nc3ccc(C)cc3C)c2=O)cc1. The summed E-state index contributed by atoms with van der Waals surface area (Å²) in [5.74, 6) is 0.269. The molecule has 0 spiro atoms. The minimum Gasteiger partial charge on any atom is -0.497 e. The molecule has 0 bridgehead atoms. The van der Waals surface area contributed by atoms with E-state index in [1.807, 2.05) is 56.3 Å². The highest BCUT2D eigenvalue weighted by Crippen LogP contribution is 2.16. The molecule has 6 nitrogen and oxygen atoms in total. The second kappa shape index (κ2) is 8.43. The van der Waals surface area contributed by atoms with Gasteiger partial charge in [-0.25, -0.2) is 0 Å². The highest BCUT2D eigenvalue weighted by Gasteiger charge is 2.14. The van der Waals surface area contributed by atoms with Crippen molar-refractivity contribution in [2.75, 3.05) is 12.4 Å². The molecule has 0 aliphatic rings. The van der Waals surface area contributed by atoms with Gasteiger partial charge in [0.25, 0.3) is 11.5 Å². The smallest absolute Gasteiger partial charge is 0.295 e. The summed E-state index contributed by atoms with van der Waals surface area (Å²) in [6.07, 6.45) is 1.49. The standard InChI is InChI=1S/C22H22N2O4/c1-15-6-11-20(16(2)13-15)23-21(25)19-5-4-12-24(22(19)26)28-14-17-7-9-18(27-3)10-8-17/h4-13H,14H2,1-3H3,(H,23,25). The lowest BCUT2D eigenvalue weighted by molar-refractivity contribution is 0.0863. The van der Waals surface area contributed by atoms with Crippen LogP contribution in [0.3, 0.4) is 0 Å². The first-order valence-electron chi connectivity index (χ1n) is 8.84. The Bertz CT molecular complexity index is 1040. The van der Waals surface area contributed by atoms with Crippen LogP contribution in [0.15, 0.2) is 65.6 Å². The molecule has 1 aromatic heterocycles. The molecule has 6 heteroatoms. The van der Waals surface area contributed by atoms with E-state index in [1.165, 1.54) is 12.3 Å². The molecule has 0 fully saturated rings. The zero-order chi connectivity index (χ0) is 20.1. The number of aryl methyl sites for hydroxylation is 2. The average molecular weight is 378 g/mol. The van der Waals surface area contributed by atoms with Crippen LogP contribution in [0.4, 0.5) is 5.69 Å². The summed E-state index contributed by atoms with van der Waals surface area (Å²) in [4.78, 5) is 30.8. The fraction of sp³-hybridized carbons (Fsp3) is 0.182. The van der Waals surface area contributed by atoms with Gasteiger partial charge in [-0.2, -0.15) is 4.73 Å². The Morgan fingerprint density at radius 3 is 2.50 bits per heavy atom. The minimum absolute atomic E-state index is 0.0113. The third kappa shape index (κ3) is 4.40. The molecule has 2 aromatic carbocycles. The van der Waals surface area contributed by atoms with Gasteiger partial charge in [-0.1, -0.05) is 29.8 Å². The fourth-order valence-corrected chi connectivity index (χ4v) is 2.76. The van der Waals surface area contributed by atoms with E-state index in [4.69, 9.17) is 9.57 Å². The van der Waals surface area contributed by atoms with E-state index in [2.05, 4.69) is 5.32 Å². The van der Waals surface area contributed by atoms with Crippen molar-refractivity contribution in [1.82, 2.24) is 4.73 Å². The van der Waals surface area contributed by atoms with Crippen LogP contribution >= 0.6 is 0 Å². The molecule has 0 aliphatic carbocycles. The van der Waals surface area contributed by atoms with Crippen molar-refractivity contribution < 1.29 is 14.4 Å². The number of rotatable bonds is 6. The second-order valence-electron chi connectivity index (χ2n) is 6.45. The van der Waals surface area contributed by atoms with Gasteiger partial charge in [0.15, 0.2) is 0 Å². The maximum atomic E-state index is 12.6. The number of pyridine rings is 1. The van der Waals surface area contributed by atoms with Crippen molar-refractivity contribution in [3.63, 3.8) is 0 Å². The van der Waals surface area contributed by atoms with Gasteiger partial charge in [-0.15, -0.1) is 0 Å². The Hall–Kier alpha value is -3.54. The molecule has 28 heavy (non-hydrogen) atoms. The molecule has 3 aromatic rings. The summed E-state index contributed by atoms with van der Waals surface area (Å²) in [5.41, 5.74) is 3.07. The number of hydrogen-bond acceptors (Lipinski definition) is 4. The minimum atomic E-state index is -0.515. The quantitative estimate of drug-likeness (QED) is 0.714. The summed E-state index contributed by atoms with van der Waals surface area (Å²) >= 11 is 0. The predicted molar refractivity (Wildman–Crippen MR) is 108 cm³/mol. The third-order valence-electron chi connectivity index (χ3n) is 4.32. The number of benzene rings is 2. The molecule has 1 heterocycles. The van der Waals surface area contributed by atoms with Gasteiger partial charge in [0.05, 0.1) is 7.11 Å². The molecule has 3 rings (SSSR count). The van der Waals surface area contributed by atoms with E-state index < -0.39 is 11.5 Å². The fourth-order valence-electron chi connectivity index (χ4n) is 2.76. The van der Waals surface area contributed by atoms with Crippen LogP contribution in [-0.4, -0.2) is 17.7 Å². The predicted octanol–water partition coefficient (Wildman–Crippen LogP) is 3.35. The van der Waals surface area contributed by atoms with E-state index in [1.54, 1.807) is 13.2 Å². The summed E-state index contributed by atoms with van der Waals surface area (Å²) in [5, 5.41) is 2.79. The Morgan fingerprint density at radius 2 is 1.82 bits per heavy atom. The lowest BCUT2D eigenvalue weighted by Crippen LogP contribution is -2.32. The summed E-state index contributed by atoms with van der Waals surface area (Å²) < 4.78 is 6.19. The zero-order valence-corrected chi connectivity index (χ0v) is 16.1. The van der Waals surface area contributed by atoms with Gasteiger partial charge in [0.1, 0.15) is 17.9 Å². The van der Waals surface area contributed by atoms with Gasteiger partial charge in [0.2, 0.25) is 0 Å². The van der Waals surface area contributed by atoms with Crippen LogP contribution in [0.2, 0.25) is 0 Å². The van der Waals surface area contributed by atoms with Crippen molar-refractivity contribution >= 4 is 11.6 Å². The monoisotopic (exact) mass is 378 g/mol. The molecule has 1 N–H and O–H groups in total. The number of methoxy groups -OCH3 is 1. The first kappa shape index (κ1) is 19.2. The molecule has 1 amide bonds. The Balaban J connectivity index is 1.74. The molecule has 144 valence electrons. The topological polar surface area (TPSA) is 69.6 Å². The maximum absolute atomic E-state index is 12.6. The van der Waals surface area contributed by atoms with Crippen molar-refractivity contribution in [1.29, 1.82) is 0 Å². The van der Waals surface area contributed by atoms with E-state index in [0.29, 0.717) is 5.69 Å². The number of aromatic nitrogens is 1. The zero-order valence-electron chi connectivity index (χ0n) is 16.1. The molecule has 0 saturated heterocycles. The first-order chi connectivity index (χ1) is 13.5. The van der Waals surface area contributed by atoms with Gasteiger partial charge < -0.3 is 14.9 Å². The van der Waals surface area contributed by atoms with Crippen LogP contribution in [-0.2, 0) is 6.61 Å². The molecule has 0 radical (unpaired) electrons. The van der Waals surface area contributed by atoms with Crippen molar-refractivity contribution in [3.05, 3.63) is 93.4 Å².